The Morgan fingerprint density at radius 1 is 0.909 bits per heavy atom. The molecule has 0 saturated heterocycles. The lowest BCUT2D eigenvalue weighted by molar-refractivity contribution is -0.348. The van der Waals surface area contributed by atoms with Crippen molar-refractivity contribution in [1.29, 1.82) is 0 Å². The first kappa shape index (κ1) is 26.5. The van der Waals surface area contributed by atoms with Crippen molar-refractivity contribution in [1.82, 2.24) is 0 Å². The van der Waals surface area contributed by atoms with Crippen LogP contribution in [0.25, 0.3) is 0 Å². The number of carbonyl (C=O) groups excluding carboxylic acids is 1. The van der Waals surface area contributed by atoms with Crippen molar-refractivity contribution in [3.8, 4) is 5.75 Å². The third-order valence-electron chi connectivity index (χ3n) is 4.11. The number of hydrogen-bond donors (Lipinski definition) is 2. The van der Waals surface area contributed by atoms with Gasteiger partial charge in [0.1, 0.15) is 0 Å². The number of nitrogens with one attached hydrogen (secondary N) is 2. The van der Waals surface area contributed by atoms with Crippen molar-refractivity contribution in [3.05, 3.63) is 52.0 Å². The fraction of sp³-hybridized carbons (Fsp3) is 0.278. The fourth-order valence-corrected chi connectivity index (χ4v) is 3.14. The minimum atomic E-state index is -6.58. The lowest BCUT2D eigenvalue weighted by atomic mass is 9.93. The predicted molar refractivity (Wildman–Crippen MR) is 99.7 cm³/mol. The van der Waals surface area contributed by atoms with Gasteiger partial charge in [-0.2, -0.15) is 26.3 Å². The first-order chi connectivity index (χ1) is 14.9. The van der Waals surface area contributed by atoms with Gasteiger partial charge in [-0.25, -0.2) is 4.39 Å². The Labute approximate surface area is 187 Å². The highest BCUT2D eigenvalue weighted by Crippen LogP contribution is 2.55. The van der Waals surface area contributed by atoms with E-state index in [4.69, 9.17) is 0 Å². The minimum absolute atomic E-state index is 0.0517. The van der Waals surface area contributed by atoms with Crippen LogP contribution in [-0.4, -0.2) is 31.7 Å². The second kappa shape index (κ2) is 8.91. The molecule has 0 atom stereocenters. The summed E-state index contributed by atoms with van der Waals surface area (Å²) in [5.41, 5.74) is -9.00. The molecular weight excluding hydrogens is 546 g/mol. The van der Waals surface area contributed by atoms with E-state index in [1.807, 2.05) is 5.32 Å². The van der Waals surface area contributed by atoms with Crippen LogP contribution in [0.3, 0.4) is 0 Å². The van der Waals surface area contributed by atoms with Gasteiger partial charge in [0.2, 0.25) is 0 Å². The summed E-state index contributed by atoms with van der Waals surface area (Å²) in [6, 6.07) is 4.90. The van der Waals surface area contributed by atoms with Crippen LogP contribution in [-0.2, 0) is 5.67 Å². The number of alkyl halides is 10. The van der Waals surface area contributed by atoms with Crippen molar-refractivity contribution < 1.29 is 53.4 Å². The van der Waals surface area contributed by atoms with E-state index in [0.29, 0.717) is 5.69 Å². The monoisotopic (exact) mass is 556 g/mol. The quantitative estimate of drug-likeness (QED) is 0.393. The minimum Gasteiger partial charge on any atom is -0.404 e. The van der Waals surface area contributed by atoms with Gasteiger partial charge < -0.3 is 15.4 Å². The van der Waals surface area contributed by atoms with Crippen LogP contribution >= 0.6 is 15.9 Å². The average Bonchev–Trinajstić information content (AvgIpc) is 2.66. The van der Waals surface area contributed by atoms with E-state index >= 15 is 0 Å². The third kappa shape index (κ3) is 5.62. The van der Waals surface area contributed by atoms with Crippen molar-refractivity contribution in [2.45, 2.75) is 24.4 Å². The van der Waals surface area contributed by atoms with Crippen molar-refractivity contribution >= 4 is 33.2 Å². The smallest absolute Gasteiger partial charge is 0.404 e. The maximum absolute atomic E-state index is 14.4. The molecule has 2 aromatic carbocycles. The second-order valence-electron chi connectivity index (χ2n) is 6.32. The molecule has 0 spiro atoms. The third-order valence-corrected chi connectivity index (χ3v) is 4.74. The molecule has 182 valence electrons. The fourth-order valence-electron chi connectivity index (χ4n) is 2.60. The van der Waals surface area contributed by atoms with Crippen molar-refractivity contribution in [2.24, 2.45) is 0 Å². The lowest BCUT2D eigenvalue weighted by Crippen LogP contribution is -2.50. The number of hydrogen-bond acceptors (Lipinski definition) is 3. The summed E-state index contributed by atoms with van der Waals surface area (Å²) in [4.78, 5) is 12.4. The van der Waals surface area contributed by atoms with E-state index in [0.717, 1.165) is 0 Å². The van der Waals surface area contributed by atoms with Crippen molar-refractivity contribution in [3.63, 3.8) is 0 Å². The van der Waals surface area contributed by atoms with Crippen LogP contribution in [0.15, 0.2) is 40.9 Å². The van der Waals surface area contributed by atoms with Gasteiger partial charge in [0.25, 0.3) is 5.91 Å². The first-order valence-corrected chi connectivity index (χ1v) is 9.21. The molecule has 4 nitrogen and oxygen atoms in total. The van der Waals surface area contributed by atoms with E-state index < -0.39 is 57.8 Å². The number of amides is 1. The normalized spacial score (nSPS) is 13.0. The molecule has 2 aromatic rings. The highest BCUT2D eigenvalue weighted by atomic mass is 79.9. The predicted octanol–water partition coefficient (Wildman–Crippen LogP) is 6.93. The van der Waals surface area contributed by atoms with Gasteiger partial charge >= 0.3 is 24.4 Å². The van der Waals surface area contributed by atoms with Gasteiger partial charge in [-0.15, -0.1) is 13.2 Å². The number of benzene rings is 2. The zero-order valence-corrected chi connectivity index (χ0v) is 17.5. The topological polar surface area (TPSA) is 50.4 Å². The Hall–Kier alpha value is -2.71. The molecule has 0 aliphatic carbocycles. The van der Waals surface area contributed by atoms with Gasteiger partial charge in [-0.1, -0.05) is 6.07 Å². The molecule has 0 aliphatic rings. The highest BCUT2D eigenvalue weighted by molar-refractivity contribution is 9.10. The van der Waals surface area contributed by atoms with E-state index in [1.165, 1.54) is 31.3 Å². The Morgan fingerprint density at radius 3 is 1.97 bits per heavy atom. The SMILES string of the molecule is CNc1cccc(C(=O)Nc2c(Br)cc(C(F)(C(F)(F)F)C(F)(F)F)cc2OC(F)(F)F)c1. The van der Waals surface area contributed by atoms with E-state index in [-0.39, 0.29) is 11.6 Å². The van der Waals surface area contributed by atoms with Gasteiger partial charge in [0, 0.05) is 28.3 Å². The Kier molecular flexibility index (Phi) is 7.17. The van der Waals surface area contributed by atoms with E-state index in [2.05, 4.69) is 26.0 Å². The van der Waals surface area contributed by atoms with Crippen LogP contribution < -0.4 is 15.4 Å². The molecule has 15 heteroatoms. The number of carbonyl (C=O) groups is 1. The maximum atomic E-state index is 14.4. The summed E-state index contributed by atoms with van der Waals surface area (Å²) in [6.07, 6.45) is -18.8. The average molecular weight is 557 g/mol. The van der Waals surface area contributed by atoms with Gasteiger partial charge in [0.05, 0.1) is 5.69 Å². The molecule has 2 N–H and O–H groups in total. The summed E-state index contributed by atoms with van der Waals surface area (Å²) in [5, 5.41) is 4.58. The summed E-state index contributed by atoms with van der Waals surface area (Å²) < 4.78 is 134. The molecular formula is C18H11BrF10N2O2. The van der Waals surface area contributed by atoms with Gasteiger partial charge in [0.15, 0.2) is 5.75 Å². The number of anilines is 2. The maximum Gasteiger partial charge on any atom is 0.573 e. The largest absolute Gasteiger partial charge is 0.573 e. The van der Waals surface area contributed by atoms with Crippen LogP contribution in [0.1, 0.15) is 15.9 Å². The van der Waals surface area contributed by atoms with E-state index in [1.54, 1.807) is 0 Å². The van der Waals surface area contributed by atoms with Gasteiger partial charge in [-0.3, -0.25) is 4.79 Å². The van der Waals surface area contributed by atoms with Crippen LogP contribution in [0, 0.1) is 0 Å². The molecule has 33 heavy (non-hydrogen) atoms. The summed E-state index contributed by atoms with van der Waals surface area (Å²) in [6.45, 7) is 0. The first-order valence-electron chi connectivity index (χ1n) is 8.42. The summed E-state index contributed by atoms with van der Waals surface area (Å²) in [5.74, 6) is -2.80. The highest BCUT2D eigenvalue weighted by Gasteiger charge is 2.73. The second-order valence-corrected chi connectivity index (χ2v) is 7.17. The number of rotatable bonds is 5. The van der Waals surface area contributed by atoms with Crippen LogP contribution in [0.5, 0.6) is 5.75 Å². The van der Waals surface area contributed by atoms with Crippen molar-refractivity contribution in [2.75, 3.05) is 17.7 Å². The Morgan fingerprint density at radius 2 is 1.48 bits per heavy atom. The standard InChI is InChI=1S/C18H11BrF10N2O2/c1-30-10-4-2-3-8(5-10)14(32)31-13-11(19)6-9(7-12(13)33-18(27,28)29)15(20,16(21,22)23)17(24,25)26/h2-7,30H,1H3,(H,31,32). The molecule has 1 amide bonds. The van der Waals surface area contributed by atoms with Gasteiger partial charge in [-0.05, 0) is 46.3 Å². The van der Waals surface area contributed by atoms with Crippen LogP contribution in [0.2, 0.25) is 0 Å². The molecule has 0 radical (unpaired) electrons. The van der Waals surface area contributed by atoms with Crippen LogP contribution in [0.4, 0.5) is 55.3 Å². The lowest BCUT2D eigenvalue weighted by Gasteiger charge is -2.31. The zero-order valence-electron chi connectivity index (χ0n) is 15.9. The molecule has 0 aliphatic heterocycles. The zero-order chi connectivity index (χ0) is 25.4. The molecule has 0 saturated carbocycles. The molecule has 0 unspecified atom stereocenters. The Balaban J connectivity index is 2.66. The molecule has 2 rings (SSSR count). The number of ether oxygens (including phenoxy) is 1. The summed E-state index contributed by atoms with van der Waals surface area (Å²) >= 11 is 2.48. The molecule has 0 heterocycles. The Bertz CT molecular complexity index is 1020. The molecule has 0 fully saturated rings. The van der Waals surface area contributed by atoms with E-state index in [9.17, 15) is 48.7 Å². The summed E-state index contributed by atoms with van der Waals surface area (Å²) in [7, 11) is 1.49. The molecule has 0 bridgehead atoms. The number of halogens is 11. The molecule has 0 aromatic heterocycles.